The Morgan fingerprint density at radius 3 is 2.47 bits per heavy atom. The van der Waals surface area contributed by atoms with Crippen molar-refractivity contribution in [1.82, 2.24) is 9.88 Å². The van der Waals surface area contributed by atoms with E-state index in [1.807, 2.05) is 24.4 Å². The summed E-state index contributed by atoms with van der Waals surface area (Å²) in [5.74, 6) is 0. The van der Waals surface area contributed by atoms with Gasteiger partial charge >= 0.3 is 0 Å². The number of aromatic nitrogens is 1. The molecule has 1 heterocycles. The molecule has 100 valence electrons. The fourth-order valence-electron chi connectivity index (χ4n) is 2.13. The number of pyridine rings is 1. The first-order chi connectivity index (χ1) is 9.29. The molecule has 19 heavy (non-hydrogen) atoms. The Balaban J connectivity index is 1.89. The zero-order chi connectivity index (χ0) is 13.5. The van der Waals surface area contributed by atoms with E-state index >= 15 is 0 Å². The molecule has 0 aliphatic heterocycles. The molecule has 0 aliphatic rings. The molecule has 1 aromatic carbocycles. The lowest BCUT2D eigenvalue weighted by Crippen LogP contribution is -2.22. The predicted molar refractivity (Wildman–Crippen MR) is 78.6 cm³/mol. The monoisotopic (exact) mass is 255 g/mol. The maximum atomic E-state index is 5.76. The van der Waals surface area contributed by atoms with Gasteiger partial charge in [-0.25, -0.2) is 0 Å². The summed E-state index contributed by atoms with van der Waals surface area (Å²) in [4.78, 5) is 6.65. The van der Waals surface area contributed by atoms with Crippen molar-refractivity contribution in [2.24, 2.45) is 5.73 Å². The summed E-state index contributed by atoms with van der Waals surface area (Å²) < 4.78 is 0. The molecular formula is C16H21N3. The molecule has 2 aromatic rings. The first-order valence-corrected chi connectivity index (χ1v) is 6.65. The molecule has 0 amide bonds. The smallest absolute Gasteiger partial charge is 0.0416 e. The molecule has 2 N–H and O–H groups in total. The van der Waals surface area contributed by atoms with Crippen LogP contribution in [0, 0.1) is 0 Å². The Morgan fingerprint density at radius 1 is 1.05 bits per heavy atom. The highest BCUT2D eigenvalue weighted by atomic mass is 15.1. The van der Waals surface area contributed by atoms with Crippen LogP contribution in [-0.4, -0.2) is 23.5 Å². The van der Waals surface area contributed by atoms with Crippen LogP contribution in [0.2, 0.25) is 0 Å². The number of hydrogen-bond acceptors (Lipinski definition) is 3. The average molecular weight is 255 g/mol. The van der Waals surface area contributed by atoms with E-state index in [9.17, 15) is 0 Å². The minimum Gasteiger partial charge on any atom is -0.326 e. The number of nitrogens with two attached hydrogens (primary N) is 1. The highest BCUT2D eigenvalue weighted by Gasteiger charge is 2.04. The summed E-state index contributed by atoms with van der Waals surface area (Å²) in [6.07, 6.45) is 2.82. The second kappa shape index (κ2) is 7.02. The molecule has 0 saturated carbocycles. The van der Waals surface area contributed by atoms with Crippen LogP contribution in [0.1, 0.15) is 16.8 Å². The fourth-order valence-corrected chi connectivity index (χ4v) is 2.13. The lowest BCUT2D eigenvalue weighted by Gasteiger charge is -2.18. The molecule has 0 bridgehead atoms. The summed E-state index contributed by atoms with van der Waals surface area (Å²) in [5.41, 5.74) is 9.45. The normalized spacial score (nSPS) is 10.9. The van der Waals surface area contributed by atoms with Gasteiger partial charge < -0.3 is 10.6 Å². The molecule has 3 nitrogen and oxygen atoms in total. The standard InChI is InChI=1S/C16H21N3/c1-19(11-9-16-8-4-5-10-18-16)13-15-7-3-2-6-14(15)12-17/h2-8,10H,9,11-13,17H2,1H3. The van der Waals surface area contributed by atoms with Crippen molar-refractivity contribution in [1.29, 1.82) is 0 Å². The predicted octanol–water partition coefficient (Wildman–Crippen LogP) is 2.21. The summed E-state index contributed by atoms with van der Waals surface area (Å²) >= 11 is 0. The fraction of sp³-hybridized carbons (Fsp3) is 0.312. The third-order valence-corrected chi connectivity index (χ3v) is 3.25. The van der Waals surface area contributed by atoms with Gasteiger partial charge in [0.1, 0.15) is 0 Å². The van der Waals surface area contributed by atoms with Crippen molar-refractivity contribution >= 4 is 0 Å². The van der Waals surface area contributed by atoms with Crippen LogP contribution >= 0.6 is 0 Å². The Hall–Kier alpha value is -1.71. The van der Waals surface area contributed by atoms with E-state index in [-0.39, 0.29) is 0 Å². The van der Waals surface area contributed by atoms with Crippen molar-refractivity contribution in [3.8, 4) is 0 Å². The van der Waals surface area contributed by atoms with Gasteiger partial charge in [0.15, 0.2) is 0 Å². The van der Waals surface area contributed by atoms with E-state index in [0.29, 0.717) is 6.54 Å². The van der Waals surface area contributed by atoms with Gasteiger partial charge in [0.05, 0.1) is 0 Å². The van der Waals surface area contributed by atoms with Crippen LogP contribution in [-0.2, 0) is 19.5 Å². The van der Waals surface area contributed by atoms with E-state index in [1.54, 1.807) is 0 Å². The second-order valence-corrected chi connectivity index (χ2v) is 4.78. The molecule has 3 heteroatoms. The average Bonchev–Trinajstić information content (AvgIpc) is 2.47. The van der Waals surface area contributed by atoms with Crippen molar-refractivity contribution in [3.63, 3.8) is 0 Å². The van der Waals surface area contributed by atoms with E-state index in [0.717, 1.165) is 25.2 Å². The topological polar surface area (TPSA) is 42.2 Å². The van der Waals surface area contributed by atoms with Crippen molar-refractivity contribution in [2.75, 3.05) is 13.6 Å². The van der Waals surface area contributed by atoms with E-state index in [1.165, 1.54) is 11.1 Å². The summed E-state index contributed by atoms with van der Waals surface area (Å²) in [6.45, 7) is 2.53. The van der Waals surface area contributed by atoms with Gasteiger partial charge in [0, 0.05) is 37.9 Å². The summed E-state index contributed by atoms with van der Waals surface area (Å²) in [5, 5.41) is 0. The Kier molecular flexibility index (Phi) is 5.07. The molecule has 0 atom stereocenters. The molecule has 0 radical (unpaired) electrons. The molecule has 1 aromatic heterocycles. The minimum absolute atomic E-state index is 0.601. The van der Waals surface area contributed by atoms with E-state index in [4.69, 9.17) is 5.73 Å². The van der Waals surface area contributed by atoms with Crippen molar-refractivity contribution in [3.05, 3.63) is 65.5 Å². The zero-order valence-electron chi connectivity index (χ0n) is 11.4. The zero-order valence-corrected chi connectivity index (χ0v) is 11.4. The SMILES string of the molecule is CN(CCc1ccccn1)Cc1ccccc1CN. The second-order valence-electron chi connectivity index (χ2n) is 4.78. The number of hydrogen-bond donors (Lipinski definition) is 1. The minimum atomic E-state index is 0.601. The summed E-state index contributed by atoms with van der Waals surface area (Å²) in [6, 6.07) is 14.4. The third-order valence-electron chi connectivity index (χ3n) is 3.25. The number of likely N-dealkylation sites (N-methyl/N-ethyl adjacent to an activating group) is 1. The lowest BCUT2D eigenvalue weighted by molar-refractivity contribution is 0.329. The molecular weight excluding hydrogens is 234 g/mol. The molecule has 0 fully saturated rings. The quantitative estimate of drug-likeness (QED) is 0.860. The maximum Gasteiger partial charge on any atom is 0.0416 e. The van der Waals surface area contributed by atoms with Crippen LogP contribution < -0.4 is 5.73 Å². The van der Waals surface area contributed by atoms with Crippen molar-refractivity contribution in [2.45, 2.75) is 19.5 Å². The largest absolute Gasteiger partial charge is 0.326 e. The van der Waals surface area contributed by atoms with Crippen molar-refractivity contribution < 1.29 is 0 Å². The Morgan fingerprint density at radius 2 is 1.79 bits per heavy atom. The van der Waals surface area contributed by atoms with Gasteiger partial charge in [-0.15, -0.1) is 0 Å². The number of benzene rings is 1. The van der Waals surface area contributed by atoms with Crippen LogP contribution in [0.4, 0.5) is 0 Å². The van der Waals surface area contributed by atoms with Crippen LogP contribution in [0.25, 0.3) is 0 Å². The third kappa shape index (κ3) is 4.16. The van der Waals surface area contributed by atoms with Gasteiger partial charge in [0.2, 0.25) is 0 Å². The molecule has 0 spiro atoms. The molecule has 0 aliphatic carbocycles. The Labute approximate surface area is 115 Å². The molecule has 0 saturated heterocycles. The van der Waals surface area contributed by atoms with Crippen LogP contribution in [0.15, 0.2) is 48.7 Å². The lowest BCUT2D eigenvalue weighted by atomic mass is 10.1. The van der Waals surface area contributed by atoms with Crippen LogP contribution in [0.5, 0.6) is 0 Å². The van der Waals surface area contributed by atoms with E-state index < -0.39 is 0 Å². The molecule has 0 unspecified atom stereocenters. The first-order valence-electron chi connectivity index (χ1n) is 6.65. The highest BCUT2D eigenvalue weighted by Crippen LogP contribution is 2.10. The summed E-state index contributed by atoms with van der Waals surface area (Å²) in [7, 11) is 2.14. The van der Waals surface area contributed by atoms with Gasteiger partial charge in [0.25, 0.3) is 0 Å². The maximum absolute atomic E-state index is 5.76. The highest BCUT2D eigenvalue weighted by molar-refractivity contribution is 5.26. The van der Waals surface area contributed by atoms with Crippen LogP contribution in [0.3, 0.4) is 0 Å². The van der Waals surface area contributed by atoms with Gasteiger partial charge in [-0.05, 0) is 30.3 Å². The number of nitrogens with zero attached hydrogens (tertiary/aromatic N) is 2. The number of rotatable bonds is 6. The van der Waals surface area contributed by atoms with E-state index in [2.05, 4.69) is 41.2 Å². The Bertz CT molecular complexity index is 496. The van der Waals surface area contributed by atoms with Gasteiger partial charge in [-0.3, -0.25) is 4.98 Å². The van der Waals surface area contributed by atoms with Gasteiger partial charge in [-0.2, -0.15) is 0 Å². The first kappa shape index (κ1) is 13.7. The van der Waals surface area contributed by atoms with Gasteiger partial charge in [-0.1, -0.05) is 30.3 Å². The molecule has 2 rings (SSSR count).